The van der Waals surface area contributed by atoms with Gasteiger partial charge in [-0.05, 0) is 44.9 Å². The Morgan fingerprint density at radius 2 is 1.97 bits per heavy atom. The van der Waals surface area contributed by atoms with Crippen LogP contribution in [0.2, 0.25) is 0 Å². The number of unbranched alkanes of at least 4 members (excludes halogenated alkanes) is 2. The van der Waals surface area contributed by atoms with E-state index in [1.165, 1.54) is 5.56 Å². The third-order valence-corrected chi connectivity index (χ3v) is 6.33. The minimum atomic E-state index is 0.114. The van der Waals surface area contributed by atoms with Crippen molar-refractivity contribution in [1.29, 1.82) is 0 Å². The predicted octanol–water partition coefficient (Wildman–Crippen LogP) is 3.31. The molecule has 4 rings (SSSR count). The lowest BCUT2D eigenvalue weighted by Crippen LogP contribution is -2.37. The second-order valence-electron chi connectivity index (χ2n) is 9.25. The third kappa shape index (κ3) is 6.35. The Kier molecular flexibility index (Phi) is 8.65. The van der Waals surface area contributed by atoms with E-state index in [4.69, 9.17) is 19.7 Å². The van der Waals surface area contributed by atoms with Crippen LogP contribution >= 0.6 is 0 Å². The molecule has 9 heteroatoms. The average Bonchev–Trinajstić information content (AvgIpc) is 3.32. The molecule has 0 saturated carbocycles. The number of anilines is 1. The fourth-order valence-corrected chi connectivity index (χ4v) is 4.29. The molecular weight excluding hydrogens is 442 g/mol. The number of amides is 1. The van der Waals surface area contributed by atoms with Crippen molar-refractivity contribution in [3.8, 4) is 11.3 Å². The maximum Gasteiger partial charge on any atom is 0.228 e. The summed E-state index contributed by atoms with van der Waals surface area (Å²) in [5, 5.41) is 6.20. The third-order valence-electron chi connectivity index (χ3n) is 6.33. The number of fused-ring (bicyclic) bond motifs is 1. The number of carbonyl (C=O) groups excluding carboxylic acids is 1. The minimum Gasteiger partial charge on any atom is -0.378 e. The Balaban J connectivity index is 1.49. The van der Waals surface area contributed by atoms with Gasteiger partial charge in [0.15, 0.2) is 5.65 Å². The summed E-state index contributed by atoms with van der Waals surface area (Å²) in [5.74, 6) is 0.849. The van der Waals surface area contributed by atoms with Crippen molar-refractivity contribution >= 4 is 23.0 Å². The summed E-state index contributed by atoms with van der Waals surface area (Å²) in [7, 11) is 1.68. The van der Waals surface area contributed by atoms with Crippen molar-refractivity contribution in [3.63, 3.8) is 0 Å². The van der Waals surface area contributed by atoms with E-state index < -0.39 is 0 Å². The lowest BCUT2D eigenvalue weighted by atomic mass is 10.1. The van der Waals surface area contributed by atoms with Crippen molar-refractivity contribution in [2.45, 2.75) is 52.1 Å². The Labute approximate surface area is 207 Å². The van der Waals surface area contributed by atoms with Crippen molar-refractivity contribution < 1.29 is 9.53 Å². The SMILES string of the molecule is CNC(=O)CCCCCNCc1cccc(-c2nc(N3CCOCC3)nc3c2ncn3C(C)C)c1. The Morgan fingerprint density at radius 3 is 2.74 bits per heavy atom. The average molecular weight is 480 g/mol. The number of aromatic nitrogens is 4. The van der Waals surface area contributed by atoms with Gasteiger partial charge in [0.05, 0.1) is 19.5 Å². The lowest BCUT2D eigenvalue weighted by Gasteiger charge is -2.27. The fourth-order valence-electron chi connectivity index (χ4n) is 4.29. The number of carbonyl (C=O) groups is 1. The van der Waals surface area contributed by atoms with E-state index in [-0.39, 0.29) is 11.9 Å². The zero-order chi connectivity index (χ0) is 24.6. The van der Waals surface area contributed by atoms with E-state index in [1.54, 1.807) is 7.05 Å². The van der Waals surface area contributed by atoms with E-state index in [0.29, 0.717) is 19.6 Å². The molecule has 1 saturated heterocycles. The van der Waals surface area contributed by atoms with Gasteiger partial charge in [0.1, 0.15) is 11.2 Å². The van der Waals surface area contributed by atoms with Crippen LogP contribution < -0.4 is 15.5 Å². The van der Waals surface area contributed by atoms with Gasteiger partial charge < -0.3 is 24.8 Å². The molecule has 0 atom stereocenters. The highest BCUT2D eigenvalue weighted by Gasteiger charge is 2.21. The molecule has 0 unspecified atom stereocenters. The van der Waals surface area contributed by atoms with Crippen LogP contribution in [0.1, 0.15) is 51.1 Å². The standard InChI is InChI=1S/C26H37N7O2/c1-19(2)33-18-29-24-23(30-26(31-25(24)33)32-12-14-35-15-13-32)21-9-7-8-20(16-21)17-28-11-6-4-5-10-22(34)27-3/h7-9,16,18-19,28H,4-6,10-15,17H2,1-3H3,(H,27,34). The highest BCUT2D eigenvalue weighted by Crippen LogP contribution is 2.29. The first-order valence-corrected chi connectivity index (χ1v) is 12.6. The maximum atomic E-state index is 11.3. The minimum absolute atomic E-state index is 0.114. The molecule has 1 aliphatic heterocycles. The first kappa shape index (κ1) is 25.1. The molecule has 3 heterocycles. The van der Waals surface area contributed by atoms with E-state index in [2.05, 4.69) is 58.2 Å². The molecular formula is C26H37N7O2. The molecule has 0 spiro atoms. The summed E-state index contributed by atoms with van der Waals surface area (Å²) in [4.78, 5) is 28.1. The summed E-state index contributed by atoms with van der Waals surface area (Å²) < 4.78 is 7.64. The monoisotopic (exact) mass is 479 g/mol. The van der Waals surface area contributed by atoms with E-state index in [1.807, 2.05) is 6.33 Å². The normalized spacial score (nSPS) is 14.1. The van der Waals surface area contributed by atoms with Crippen LogP contribution in [0.3, 0.4) is 0 Å². The van der Waals surface area contributed by atoms with Gasteiger partial charge in [0.25, 0.3) is 0 Å². The molecule has 3 aromatic rings. The number of rotatable bonds is 11. The quantitative estimate of drug-likeness (QED) is 0.407. The highest BCUT2D eigenvalue weighted by molar-refractivity contribution is 5.88. The maximum absolute atomic E-state index is 11.3. The number of imidazole rings is 1. The van der Waals surface area contributed by atoms with Gasteiger partial charge in [-0.15, -0.1) is 0 Å². The molecule has 1 amide bonds. The zero-order valence-electron chi connectivity index (χ0n) is 21.1. The molecule has 2 N–H and O–H groups in total. The first-order valence-electron chi connectivity index (χ1n) is 12.6. The van der Waals surface area contributed by atoms with Gasteiger partial charge in [-0.3, -0.25) is 4.79 Å². The summed E-state index contributed by atoms with van der Waals surface area (Å²) in [6.07, 6.45) is 5.49. The topological polar surface area (TPSA) is 97.2 Å². The molecule has 0 radical (unpaired) electrons. The van der Waals surface area contributed by atoms with Gasteiger partial charge in [-0.25, -0.2) is 9.97 Å². The highest BCUT2D eigenvalue weighted by atomic mass is 16.5. The van der Waals surface area contributed by atoms with E-state index in [0.717, 1.165) is 73.8 Å². The molecule has 1 aromatic carbocycles. The van der Waals surface area contributed by atoms with E-state index in [9.17, 15) is 4.79 Å². The number of hydrogen-bond donors (Lipinski definition) is 2. The predicted molar refractivity (Wildman–Crippen MR) is 138 cm³/mol. The molecule has 2 aromatic heterocycles. The van der Waals surface area contributed by atoms with Crippen molar-refractivity contribution in [2.75, 3.05) is 44.8 Å². The molecule has 9 nitrogen and oxygen atoms in total. The van der Waals surface area contributed by atoms with Gasteiger partial charge in [-0.1, -0.05) is 24.6 Å². The second-order valence-corrected chi connectivity index (χ2v) is 9.25. The van der Waals surface area contributed by atoms with Gasteiger partial charge >= 0.3 is 0 Å². The van der Waals surface area contributed by atoms with Crippen molar-refractivity contribution in [2.24, 2.45) is 0 Å². The summed E-state index contributed by atoms with van der Waals surface area (Å²) >= 11 is 0. The fraction of sp³-hybridized carbons (Fsp3) is 0.538. The summed E-state index contributed by atoms with van der Waals surface area (Å²) in [5.41, 5.74) is 4.82. The van der Waals surface area contributed by atoms with Crippen molar-refractivity contribution in [1.82, 2.24) is 30.2 Å². The van der Waals surface area contributed by atoms with Crippen LogP contribution in [0.5, 0.6) is 0 Å². The molecule has 0 bridgehead atoms. The van der Waals surface area contributed by atoms with Gasteiger partial charge in [0.2, 0.25) is 11.9 Å². The molecule has 35 heavy (non-hydrogen) atoms. The van der Waals surface area contributed by atoms with Gasteiger partial charge in [0, 0.05) is 44.7 Å². The number of morpholine rings is 1. The molecule has 1 aliphatic rings. The van der Waals surface area contributed by atoms with Crippen molar-refractivity contribution in [3.05, 3.63) is 36.2 Å². The van der Waals surface area contributed by atoms with Crippen LogP contribution in [0.25, 0.3) is 22.4 Å². The Bertz CT molecular complexity index is 1120. The number of benzene rings is 1. The largest absolute Gasteiger partial charge is 0.378 e. The van der Waals surface area contributed by atoms with E-state index >= 15 is 0 Å². The van der Waals surface area contributed by atoms with Crippen LogP contribution in [-0.4, -0.2) is 65.3 Å². The van der Waals surface area contributed by atoms with Crippen LogP contribution in [-0.2, 0) is 16.1 Å². The number of ether oxygens (including phenoxy) is 1. The van der Waals surface area contributed by atoms with Crippen LogP contribution in [0.15, 0.2) is 30.6 Å². The summed E-state index contributed by atoms with van der Waals surface area (Å²) in [6, 6.07) is 8.76. The molecule has 188 valence electrons. The molecule has 0 aliphatic carbocycles. The lowest BCUT2D eigenvalue weighted by molar-refractivity contribution is -0.120. The Hall–Kier alpha value is -3.04. The molecule has 1 fully saturated rings. The first-order chi connectivity index (χ1) is 17.1. The number of nitrogens with one attached hydrogen (secondary N) is 2. The Morgan fingerprint density at radius 1 is 1.14 bits per heavy atom. The smallest absolute Gasteiger partial charge is 0.228 e. The number of nitrogens with zero attached hydrogens (tertiary/aromatic N) is 5. The van der Waals surface area contributed by atoms with Crippen LogP contribution in [0.4, 0.5) is 5.95 Å². The van der Waals surface area contributed by atoms with Crippen LogP contribution in [0, 0.1) is 0 Å². The summed E-state index contributed by atoms with van der Waals surface area (Å²) in [6.45, 7) is 8.94. The zero-order valence-corrected chi connectivity index (χ0v) is 21.1. The number of hydrogen-bond acceptors (Lipinski definition) is 7. The van der Waals surface area contributed by atoms with Gasteiger partial charge in [-0.2, -0.15) is 4.98 Å². The second kappa shape index (κ2) is 12.1.